The summed E-state index contributed by atoms with van der Waals surface area (Å²) in [4.78, 5) is 12.0. The van der Waals surface area contributed by atoms with Crippen LogP contribution >= 0.6 is 0 Å². The number of fused-ring (bicyclic) bond motifs is 1. The number of rotatable bonds is 8. The summed E-state index contributed by atoms with van der Waals surface area (Å²) >= 11 is 0. The van der Waals surface area contributed by atoms with E-state index in [0.717, 1.165) is 18.4 Å². The van der Waals surface area contributed by atoms with Gasteiger partial charge in [-0.3, -0.25) is 4.79 Å². The summed E-state index contributed by atoms with van der Waals surface area (Å²) in [5, 5.41) is 10.3. The van der Waals surface area contributed by atoms with Crippen molar-refractivity contribution in [1.29, 1.82) is 0 Å². The predicted octanol–water partition coefficient (Wildman–Crippen LogP) is 4.46. The third-order valence-electron chi connectivity index (χ3n) is 5.39. The first-order valence-electron chi connectivity index (χ1n) is 8.79. The first-order valence-corrected chi connectivity index (χ1v) is 8.79. The van der Waals surface area contributed by atoms with Crippen LogP contribution in [0.25, 0.3) is 0 Å². The van der Waals surface area contributed by atoms with Gasteiger partial charge in [-0.1, -0.05) is 57.4 Å². The first kappa shape index (κ1) is 17.2. The SMILES string of the molecule is C=CC(/C=C/[C@H]1[C@@H]2CC(=C)C(=O)[C@H]2C[C@H]1O)CCCCCC. The molecule has 5 atom stereocenters. The van der Waals surface area contributed by atoms with Crippen molar-refractivity contribution in [3.8, 4) is 0 Å². The number of allylic oxidation sites excluding steroid dienone is 3. The van der Waals surface area contributed by atoms with Gasteiger partial charge in [-0.2, -0.15) is 0 Å². The molecule has 0 saturated heterocycles. The topological polar surface area (TPSA) is 37.3 Å². The quantitative estimate of drug-likeness (QED) is 0.408. The molecule has 2 aliphatic carbocycles. The highest BCUT2D eigenvalue weighted by atomic mass is 16.3. The van der Waals surface area contributed by atoms with E-state index in [9.17, 15) is 9.90 Å². The van der Waals surface area contributed by atoms with Gasteiger partial charge in [0.2, 0.25) is 0 Å². The zero-order chi connectivity index (χ0) is 16.1. The number of carbonyl (C=O) groups is 1. The Labute approximate surface area is 135 Å². The van der Waals surface area contributed by atoms with Crippen LogP contribution in [0.15, 0.2) is 37.0 Å². The van der Waals surface area contributed by atoms with Gasteiger partial charge in [-0.05, 0) is 36.7 Å². The van der Waals surface area contributed by atoms with Crippen molar-refractivity contribution in [2.45, 2.75) is 58.0 Å². The molecule has 0 heterocycles. The van der Waals surface area contributed by atoms with Crippen LogP contribution in [0.2, 0.25) is 0 Å². The van der Waals surface area contributed by atoms with Gasteiger partial charge >= 0.3 is 0 Å². The van der Waals surface area contributed by atoms with Crippen LogP contribution in [0.1, 0.15) is 51.9 Å². The lowest BCUT2D eigenvalue weighted by Gasteiger charge is -2.17. The molecule has 2 rings (SSSR count). The van der Waals surface area contributed by atoms with E-state index < -0.39 is 0 Å². The second-order valence-electron chi connectivity index (χ2n) is 6.96. The molecule has 2 fully saturated rings. The third-order valence-corrected chi connectivity index (χ3v) is 5.39. The Morgan fingerprint density at radius 3 is 2.82 bits per heavy atom. The number of carbonyl (C=O) groups excluding carboxylic acids is 1. The van der Waals surface area contributed by atoms with E-state index in [-0.39, 0.29) is 29.6 Å². The first-order chi connectivity index (χ1) is 10.6. The fourth-order valence-electron chi connectivity index (χ4n) is 4.01. The Morgan fingerprint density at radius 1 is 1.36 bits per heavy atom. The molecule has 0 aromatic rings. The number of aliphatic hydroxyl groups excluding tert-OH is 1. The van der Waals surface area contributed by atoms with Gasteiger partial charge in [0.15, 0.2) is 5.78 Å². The van der Waals surface area contributed by atoms with E-state index in [4.69, 9.17) is 0 Å². The number of ketones is 1. The van der Waals surface area contributed by atoms with Crippen LogP contribution in [-0.2, 0) is 4.79 Å². The fourth-order valence-corrected chi connectivity index (χ4v) is 4.01. The van der Waals surface area contributed by atoms with E-state index in [2.05, 4.69) is 32.2 Å². The zero-order valence-corrected chi connectivity index (χ0v) is 13.8. The molecule has 0 spiro atoms. The van der Waals surface area contributed by atoms with E-state index in [1.54, 1.807) is 0 Å². The molecule has 1 N–H and O–H groups in total. The molecule has 22 heavy (non-hydrogen) atoms. The van der Waals surface area contributed by atoms with Crippen LogP contribution in [0, 0.1) is 23.7 Å². The van der Waals surface area contributed by atoms with Crippen molar-refractivity contribution in [2.75, 3.05) is 0 Å². The average Bonchev–Trinajstić information content (AvgIpc) is 2.95. The van der Waals surface area contributed by atoms with Crippen LogP contribution in [-0.4, -0.2) is 17.0 Å². The average molecular weight is 302 g/mol. The van der Waals surface area contributed by atoms with Gasteiger partial charge in [0.05, 0.1) is 6.10 Å². The number of hydrogen-bond donors (Lipinski definition) is 1. The summed E-state index contributed by atoms with van der Waals surface area (Å²) in [6.45, 7) is 10.0. The molecule has 122 valence electrons. The van der Waals surface area contributed by atoms with Crippen LogP contribution < -0.4 is 0 Å². The van der Waals surface area contributed by atoms with E-state index >= 15 is 0 Å². The van der Waals surface area contributed by atoms with Crippen molar-refractivity contribution in [3.63, 3.8) is 0 Å². The maximum atomic E-state index is 12.0. The molecule has 0 aromatic heterocycles. The molecule has 0 aromatic carbocycles. The van der Waals surface area contributed by atoms with Crippen molar-refractivity contribution in [1.82, 2.24) is 0 Å². The largest absolute Gasteiger partial charge is 0.392 e. The summed E-state index contributed by atoms with van der Waals surface area (Å²) < 4.78 is 0. The maximum absolute atomic E-state index is 12.0. The van der Waals surface area contributed by atoms with Crippen LogP contribution in [0.3, 0.4) is 0 Å². The Morgan fingerprint density at radius 2 is 2.14 bits per heavy atom. The van der Waals surface area contributed by atoms with Crippen molar-refractivity contribution >= 4 is 5.78 Å². The smallest absolute Gasteiger partial charge is 0.161 e. The van der Waals surface area contributed by atoms with E-state index in [1.165, 1.54) is 25.7 Å². The van der Waals surface area contributed by atoms with E-state index in [0.29, 0.717) is 12.3 Å². The summed E-state index contributed by atoms with van der Waals surface area (Å²) in [6, 6.07) is 0. The normalized spacial score (nSPS) is 32.6. The molecule has 2 heteroatoms. The highest BCUT2D eigenvalue weighted by Crippen LogP contribution is 2.48. The minimum Gasteiger partial charge on any atom is -0.392 e. The predicted molar refractivity (Wildman–Crippen MR) is 91.4 cm³/mol. The van der Waals surface area contributed by atoms with Crippen molar-refractivity contribution in [2.24, 2.45) is 23.7 Å². The molecule has 0 aliphatic heterocycles. The van der Waals surface area contributed by atoms with Gasteiger partial charge in [-0.15, -0.1) is 6.58 Å². The maximum Gasteiger partial charge on any atom is 0.161 e. The molecule has 0 radical (unpaired) electrons. The van der Waals surface area contributed by atoms with E-state index in [1.807, 2.05) is 6.08 Å². The molecular weight excluding hydrogens is 272 g/mol. The van der Waals surface area contributed by atoms with Crippen LogP contribution in [0.4, 0.5) is 0 Å². The highest BCUT2D eigenvalue weighted by Gasteiger charge is 2.49. The Kier molecular flexibility index (Phi) is 6.19. The van der Waals surface area contributed by atoms with Gasteiger partial charge < -0.3 is 5.11 Å². The summed E-state index contributed by atoms with van der Waals surface area (Å²) in [5.74, 6) is 0.926. The number of hydrogen-bond acceptors (Lipinski definition) is 2. The Bertz CT molecular complexity index is 449. The lowest BCUT2D eigenvalue weighted by molar-refractivity contribution is -0.118. The van der Waals surface area contributed by atoms with Gasteiger partial charge in [-0.25, -0.2) is 0 Å². The highest BCUT2D eigenvalue weighted by molar-refractivity contribution is 5.99. The molecule has 2 nitrogen and oxygen atoms in total. The standard InChI is InChI=1S/C20H30O2/c1-4-6-7-8-9-15(5-2)10-11-16-17-12-14(3)20(22)18(17)13-19(16)21/h5,10-11,15-19,21H,2-4,6-9,12-13H2,1H3/b11-10+/t15?,16-,17-,18-,19+/m0/s1. The lowest BCUT2D eigenvalue weighted by atomic mass is 9.89. The van der Waals surface area contributed by atoms with Crippen LogP contribution in [0.5, 0.6) is 0 Å². The third kappa shape index (κ3) is 3.78. The minimum atomic E-state index is -0.381. The summed E-state index contributed by atoms with van der Waals surface area (Å²) in [6.07, 6.45) is 13.5. The summed E-state index contributed by atoms with van der Waals surface area (Å²) in [5.41, 5.74) is 0.750. The Hall–Kier alpha value is -1.15. The van der Waals surface area contributed by atoms with Crippen molar-refractivity contribution in [3.05, 3.63) is 37.0 Å². The number of aliphatic hydroxyl groups is 1. The molecule has 0 amide bonds. The Balaban J connectivity index is 1.91. The molecular formula is C20H30O2. The molecule has 2 aliphatic rings. The zero-order valence-electron chi connectivity index (χ0n) is 13.8. The second-order valence-corrected chi connectivity index (χ2v) is 6.96. The minimum absolute atomic E-state index is 0.00360. The number of unbranched alkanes of at least 4 members (excludes halogenated alkanes) is 3. The fraction of sp³-hybridized carbons (Fsp3) is 0.650. The van der Waals surface area contributed by atoms with Crippen molar-refractivity contribution < 1.29 is 9.90 Å². The van der Waals surface area contributed by atoms with Gasteiger partial charge in [0, 0.05) is 11.8 Å². The summed E-state index contributed by atoms with van der Waals surface area (Å²) in [7, 11) is 0. The molecule has 0 bridgehead atoms. The molecule has 2 saturated carbocycles. The molecule has 1 unspecified atom stereocenters. The van der Waals surface area contributed by atoms with Gasteiger partial charge in [0.25, 0.3) is 0 Å². The van der Waals surface area contributed by atoms with Gasteiger partial charge in [0.1, 0.15) is 0 Å². The second kappa shape index (κ2) is 7.92. The number of Topliss-reactive ketones (excluding diaryl/α,β-unsaturated/α-hetero) is 1. The lowest BCUT2D eigenvalue weighted by Crippen LogP contribution is -2.16. The monoisotopic (exact) mass is 302 g/mol.